The van der Waals surface area contributed by atoms with Crippen molar-refractivity contribution >= 4 is 11.9 Å². The topological polar surface area (TPSA) is 89.1 Å². The van der Waals surface area contributed by atoms with E-state index in [2.05, 4.69) is 0 Å². The summed E-state index contributed by atoms with van der Waals surface area (Å²) in [6.45, 7) is 2.78. The molecule has 1 aromatic heterocycles. The molecule has 0 amide bonds. The maximum Gasteiger partial charge on any atom is 0.189 e. The molecular weight excluding hydrogens is 360 g/mol. The van der Waals surface area contributed by atoms with E-state index in [4.69, 9.17) is 13.9 Å². The molecule has 0 fully saturated rings. The molecule has 0 spiro atoms. The zero-order chi connectivity index (χ0) is 19.9. The molecule has 2 N–H and O–H groups in total. The van der Waals surface area contributed by atoms with Crippen molar-refractivity contribution in [3.63, 3.8) is 0 Å². The molecule has 0 bridgehead atoms. The van der Waals surface area contributed by atoms with E-state index in [0.29, 0.717) is 23.9 Å². The second-order valence-electron chi connectivity index (χ2n) is 5.90. The Bertz CT molecular complexity index is 969. The van der Waals surface area contributed by atoms with Crippen LogP contribution in [-0.4, -0.2) is 22.6 Å². The van der Waals surface area contributed by atoms with Crippen LogP contribution in [0.4, 0.5) is 0 Å². The van der Waals surface area contributed by atoms with Gasteiger partial charge in [-0.2, -0.15) is 0 Å². The summed E-state index contributed by atoms with van der Waals surface area (Å²) in [5.74, 6) is 1.77. The van der Waals surface area contributed by atoms with Crippen molar-refractivity contribution in [3.05, 3.63) is 77.8 Å². The van der Waals surface area contributed by atoms with E-state index in [1.807, 2.05) is 31.2 Å². The van der Waals surface area contributed by atoms with Crippen molar-refractivity contribution in [3.8, 4) is 23.0 Å². The zero-order valence-corrected chi connectivity index (χ0v) is 15.3. The molecule has 6 heteroatoms. The molecule has 0 aliphatic carbocycles. The van der Waals surface area contributed by atoms with Crippen LogP contribution in [0.2, 0.25) is 0 Å². The lowest BCUT2D eigenvalue weighted by Gasteiger charge is -2.06. The van der Waals surface area contributed by atoms with Crippen LogP contribution in [-0.2, 0) is 6.61 Å². The van der Waals surface area contributed by atoms with Crippen LogP contribution in [0.15, 0.2) is 65.1 Å². The van der Waals surface area contributed by atoms with Gasteiger partial charge in [0.2, 0.25) is 0 Å². The number of phenolic OH excluding ortho intramolecular Hbond substituents is 2. The highest BCUT2D eigenvalue weighted by Gasteiger charge is 2.09. The number of carbonyl (C=O) groups excluding carboxylic acids is 1. The Morgan fingerprint density at radius 1 is 1.00 bits per heavy atom. The summed E-state index contributed by atoms with van der Waals surface area (Å²) in [5, 5.41) is 19.0. The lowest BCUT2D eigenvalue weighted by molar-refractivity contribution is 0.104. The average Bonchev–Trinajstić information content (AvgIpc) is 3.14. The van der Waals surface area contributed by atoms with Gasteiger partial charge >= 0.3 is 0 Å². The molecule has 0 radical (unpaired) electrons. The molecule has 1 heterocycles. The smallest absolute Gasteiger partial charge is 0.189 e. The van der Waals surface area contributed by atoms with Crippen LogP contribution in [0, 0.1) is 0 Å². The van der Waals surface area contributed by atoms with E-state index >= 15 is 0 Å². The standard InChI is InChI=1S/C22H20O6/c1-2-26-16-4-6-17(7-5-16)27-14-19-9-8-18(28-19)10-12-21(24)20-11-3-15(23)13-22(20)25/h3-13,23,25H,2,14H2,1H3/b12-10+. The van der Waals surface area contributed by atoms with Gasteiger partial charge in [0, 0.05) is 6.07 Å². The summed E-state index contributed by atoms with van der Waals surface area (Å²) in [5.41, 5.74) is 0.0969. The molecule has 2 aromatic carbocycles. The number of benzene rings is 2. The minimum absolute atomic E-state index is 0.0969. The molecule has 3 aromatic rings. The van der Waals surface area contributed by atoms with Crippen molar-refractivity contribution in [1.82, 2.24) is 0 Å². The van der Waals surface area contributed by atoms with Crippen LogP contribution in [0.3, 0.4) is 0 Å². The summed E-state index contributed by atoms with van der Waals surface area (Å²) in [4.78, 5) is 12.1. The molecular formula is C22H20O6. The fraction of sp³-hybridized carbons (Fsp3) is 0.136. The van der Waals surface area contributed by atoms with E-state index in [-0.39, 0.29) is 23.7 Å². The quantitative estimate of drug-likeness (QED) is 0.440. The monoisotopic (exact) mass is 380 g/mol. The Kier molecular flexibility index (Phi) is 6.01. The van der Waals surface area contributed by atoms with Crippen LogP contribution >= 0.6 is 0 Å². The maximum atomic E-state index is 12.1. The van der Waals surface area contributed by atoms with Gasteiger partial charge < -0.3 is 24.1 Å². The molecule has 0 aliphatic rings. The van der Waals surface area contributed by atoms with Crippen molar-refractivity contribution in [2.45, 2.75) is 13.5 Å². The number of phenols is 2. The Hall–Kier alpha value is -3.67. The van der Waals surface area contributed by atoms with Crippen LogP contribution in [0.1, 0.15) is 28.8 Å². The van der Waals surface area contributed by atoms with E-state index in [1.54, 1.807) is 12.1 Å². The van der Waals surface area contributed by atoms with Gasteiger partial charge in [0.25, 0.3) is 0 Å². The fourth-order valence-corrected chi connectivity index (χ4v) is 2.49. The summed E-state index contributed by atoms with van der Waals surface area (Å²) < 4.78 is 16.7. The highest BCUT2D eigenvalue weighted by Crippen LogP contribution is 2.24. The van der Waals surface area contributed by atoms with E-state index in [0.717, 1.165) is 11.8 Å². The molecule has 0 unspecified atom stereocenters. The molecule has 144 valence electrons. The summed E-state index contributed by atoms with van der Waals surface area (Å²) in [6.07, 6.45) is 2.80. The first-order valence-corrected chi connectivity index (χ1v) is 8.74. The van der Waals surface area contributed by atoms with E-state index in [1.165, 1.54) is 24.3 Å². The van der Waals surface area contributed by atoms with Gasteiger partial charge in [-0.1, -0.05) is 0 Å². The number of rotatable bonds is 8. The van der Waals surface area contributed by atoms with E-state index in [9.17, 15) is 15.0 Å². The summed E-state index contributed by atoms with van der Waals surface area (Å²) in [6, 6.07) is 14.6. The fourth-order valence-electron chi connectivity index (χ4n) is 2.49. The number of hydrogen-bond donors (Lipinski definition) is 2. The first-order valence-electron chi connectivity index (χ1n) is 8.74. The predicted octanol–water partition coefficient (Wildman–Crippen LogP) is 4.56. The van der Waals surface area contributed by atoms with Gasteiger partial charge in [-0.25, -0.2) is 0 Å². The lowest BCUT2D eigenvalue weighted by Crippen LogP contribution is -1.95. The van der Waals surface area contributed by atoms with Crippen molar-refractivity contribution in [1.29, 1.82) is 0 Å². The van der Waals surface area contributed by atoms with Crippen LogP contribution in [0.5, 0.6) is 23.0 Å². The Labute approximate surface area is 162 Å². The molecule has 6 nitrogen and oxygen atoms in total. The SMILES string of the molecule is CCOc1ccc(OCc2ccc(/C=C/C(=O)c3ccc(O)cc3O)o2)cc1. The lowest BCUT2D eigenvalue weighted by atomic mass is 10.1. The van der Waals surface area contributed by atoms with Gasteiger partial charge in [0.15, 0.2) is 5.78 Å². The number of ether oxygens (including phenoxy) is 2. The summed E-state index contributed by atoms with van der Waals surface area (Å²) >= 11 is 0. The predicted molar refractivity (Wildman–Crippen MR) is 104 cm³/mol. The van der Waals surface area contributed by atoms with Gasteiger partial charge in [-0.05, 0) is 67.6 Å². The molecule has 28 heavy (non-hydrogen) atoms. The zero-order valence-electron chi connectivity index (χ0n) is 15.3. The van der Waals surface area contributed by atoms with Crippen molar-refractivity contribution < 1.29 is 28.9 Å². The third-order valence-corrected chi connectivity index (χ3v) is 3.84. The number of carbonyl (C=O) groups is 1. The highest BCUT2D eigenvalue weighted by atomic mass is 16.5. The number of aromatic hydroxyl groups is 2. The van der Waals surface area contributed by atoms with Crippen LogP contribution in [0.25, 0.3) is 6.08 Å². The van der Waals surface area contributed by atoms with Crippen molar-refractivity contribution in [2.75, 3.05) is 6.61 Å². The first kappa shape index (κ1) is 19.1. The third kappa shape index (κ3) is 4.94. The molecule has 0 aliphatic heterocycles. The van der Waals surface area contributed by atoms with Gasteiger partial charge in [0.1, 0.15) is 41.1 Å². The van der Waals surface area contributed by atoms with E-state index < -0.39 is 5.78 Å². The van der Waals surface area contributed by atoms with Gasteiger partial charge in [-0.3, -0.25) is 4.79 Å². The summed E-state index contributed by atoms with van der Waals surface area (Å²) in [7, 11) is 0. The molecule has 0 saturated heterocycles. The Morgan fingerprint density at radius 3 is 2.39 bits per heavy atom. The average molecular weight is 380 g/mol. The normalized spacial score (nSPS) is 10.9. The Morgan fingerprint density at radius 2 is 1.71 bits per heavy atom. The molecule has 0 saturated carbocycles. The third-order valence-electron chi connectivity index (χ3n) is 3.84. The minimum Gasteiger partial charge on any atom is -0.508 e. The largest absolute Gasteiger partial charge is 0.508 e. The van der Waals surface area contributed by atoms with Crippen molar-refractivity contribution in [2.24, 2.45) is 0 Å². The highest BCUT2D eigenvalue weighted by molar-refractivity contribution is 6.08. The number of hydrogen-bond acceptors (Lipinski definition) is 6. The number of allylic oxidation sites excluding steroid dienone is 1. The number of ketones is 1. The van der Waals surface area contributed by atoms with Gasteiger partial charge in [-0.15, -0.1) is 0 Å². The minimum atomic E-state index is -0.402. The van der Waals surface area contributed by atoms with Crippen LogP contribution < -0.4 is 9.47 Å². The molecule has 0 atom stereocenters. The maximum absolute atomic E-state index is 12.1. The number of furan rings is 1. The Balaban J connectivity index is 1.57. The second kappa shape index (κ2) is 8.81. The first-order chi connectivity index (χ1) is 13.5. The molecule has 3 rings (SSSR count). The van der Waals surface area contributed by atoms with Gasteiger partial charge in [0.05, 0.1) is 12.2 Å². The second-order valence-corrected chi connectivity index (χ2v) is 5.90.